The lowest BCUT2D eigenvalue weighted by molar-refractivity contribution is -0.121. The number of ether oxygens (including phenoxy) is 1. The lowest BCUT2D eigenvalue weighted by atomic mass is 9.72. The van der Waals surface area contributed by atoms with Crippen LogP contribution in [0, 0.1) is 5.41 Å². The molecule has 0 bridgehead atoms. The molecule has 1 amide bonds. The molecule has 122 valence electrons. The molecule has 1 aliphatic carbocycles. The first-order valence-corrected chi connectivity index (χ1v) is 8.51. The van der Waals surface area contributed by atoms with Gasteiger partial charge in [0.2, 0.25) is 5.91 Å². The van der Waals surface area contributed by atoms with Gasteiger partial charge in [0.05, 0.1) is 6.42 Å². The highest BCUT2D eigenvalue weighted by atomic mass is 35.5. The molecule has 1 saturated carbocycles. The number of halogens is 1. The molecule has 1 aromatic rings. The number of hydrogen-bond acceptors (Lipinski definition) is 2. The van der Waals surface area contributed by atoms with E-state index >= 15 is 0 Å². The highest BCUT2D eigenvalue weighted by Gasteiger charge is 2.31. The first kappa shape index (κ1) is 17.3. The molecule has 2 rings (SSSR count). The Kier molecular flexibility index (Phi) is 6.71. The zero-order valence-electron chi connectivity index (χ0n) is 13.4. The zero-order valence-corrected chi connectivity index (χ0v) is 14.1. The maximum Gasteiger partial charge on any atom is 0.224 e. The zero-order chi connectivity index (χ0) is 15.8. The summed E-state index contributed by atoms with van der Waals surface area (Å²) in [6.45, 7) is 1.54. The largest absolute Gasteiger partial charge is 0.385 e. The predicted molar refractivity (Wildman–Crippen MR) is 90.2 cm³/mol. The molecule has 1 fully saturated rings. The van der Waals surface area contributed by atoms with E-state index in [9.17, 15) is 4.79 Å². The fourth-order valence-corrected chi connectivity index (χ4v) is 3.40. The van der Waals surface area contributed by atoms with Gasteiger partial charge in [-0.05, 0) is 42.4 Å². The van der Waals surface area contributed by atoms with Gasteiger partial charge in [-0.15, -0.1) is 0 Å². The third-order valence-corrected chi connectivity index (χ3v) is 4.94. The first-order chi connectivity index (χ1) is 10.6. The molecule has 22 heavy (non-hydrogen) atoms. The fraction of sp³-hybridized carbons (Fsp3) is 0.611. The van der Waals surface area contributed by atoms with Crippen molar-refractivity contribution < 1.29 is 9.53 Å². The van der Waals surface area contributed by atoms with Gasteiger partial charge in [0, 0.05) is 25.3 Å². The first-order valence-electron chi connectivity index (χ1n) is 8.14. The number of rotatable bonds is 7. The maximum absolute atomic E-state index is 12.2. The molecule has 0 aliphatic heterocycles. The van der Waals surface area contributed by atoms with E-state index in [1.807, 2.05) is 24.3 Å². The van der Waals surface area contributed by atoms with Gasteiger partial charge in [0.1, 0.15) is 0 Å². The van der Waals surface area contributed by atoms with E-state index < -0.39 is 0 Å². The molecule has 0 saturated heterocycles. The Hall–Kier alpha value is -1.06. The summed E-state index contributed by atoms with van der Waals surface area (Å²) < 4.78 is 5.26. The number of hydrogen-bond donors (Lipinski definition) is 1. The van der Waals surface area contributed by atoms with Crippen molar-refractivity contribution in [3.05, 3.63) is 34.9 Å². The molecular formula is C18H26ClNO2. The van der Waals surface area contributed by atoms with Crippen molar-refractivity contribution in [3.63, 3.8) is 0 Å². The molecule has 0 radical (unpaired) electrons. The van der Waals surface area contributed by atoms with Crippen LogP contribution in [0.15, 0.2) is 24.3 Å². The third kappa shape index (κ3) is 5.29. The number of nitrogens with one attached hydrogen (secondary N) is 1. The Bertz CT molecular complexity index is 466. The van der Waals surface area contributed by atoms with Crippen LogP contribution in [0.25, 0.3) is 0 Å². The van der Waals surface area contributed by atoms with Crippen LogP contribution in [0.2, 0.25) is 5.02 Å². The van der Waals surface area contributed by atoms with Gasteiger partial charge in [0.15, 0.2) is 0 Å². The topological polar surface area (TPSA) is 38.3 Å². The van der Waals surface area contributed by atoms with Crippen LogP contribution >= 0.6 is 11.6 Å². The van der Waals surface area contributed by atoms with Crippen LogP contribution in [0.1, 0.15) is 44.1 Å². The van der Waals surface area contributed by atoms with E-state index in [0.717, 1.165) is 25.1 Å². The molecule has 3 nitrogen and oxygen atoms in total. The Morgan fingerprint density at radius 2 is 1.91 bits per heavy atom. The number of benzene rings is 1. The minimum absolute atomic E-state index is 0.0877. The molecule has 1 aromatic carbocycles. The van der Waals surface area contributed by atoms with Crippen LogP contribution in [0.5, 0.6) is 0 Å². The number of methoxy groups -OCH3 is 1. The minimum Gasteiger partial charge on any atom is -0.385 e. The third-order valence-electron chi connectivity index (χ3n) is 4.69. The van der Waals surface area contributed by atoms with Crippen LogP contribution in [-0.2, 0) is 16.0 Å². The molecule has 0 unspecified atom stereocenters. The normalized spacial score (nSPS) is 17.2. The SMILES string of the molecule is COCCC1(CNC(=O)Cc2ccc(Cl)cc2)CCCCC1. The smallest absolute Gasteiger partial charge is 0.224 e. The van der Waals surface area contributed by atoms with Gasteiger partial charge in [0.25, 0.3) is 0 Å². The Labute approximate surface area is 138 Å². The Morgan fingerprint density at radius 1 is 1.23 bits per heavy atom. The summed E-state index contributed by atoms with van der Waals surface area (Å²) in [7, 11) is 1.75. The van der Waals surface area contributed by atoms with E-state index in [2.05, 4.69) is 5.32 Å². The molecule has 1 aliphatic rings. The molecule has 0 spiro atoms. The number of amides is 1. The van der Waals surface area contributed by atoms with Crippen molar-refractivity contribution in [2.24, 2.45) is 5.41 Å². The van der Waals surface area contributed by atoms with E-state index in [1.54, 1.807) is 7.11 Å². The van der Waals surface area contributed by atoms with E-state index in [-0.39, 0.29) is 11.3 Å². The summed E-state index contributed by atoms with van der Waals surface area (Å²) >= 11 is 5.87. The molecule has 0 heterocycles. The van der Waals surface area contributed by atoms with Gasteiger partial charge < -0.3 is 10.1 Å². The molecule has 0 aromatic heterocycles. The fourth-order valence-electron chi connectivity index (χ4n) is 3.27. The maximum atomic E-state index is 12.2. The summed E-state index contributed by atoms with van der Waals surface area (Å²) in [4.78, 5) is 12.2. The van der Waals surface area contributed by atoms with Gasteiger partial charge >= 0.3 is 0 Å². The van der Waals surface area contributed by atoms with Gasteiger partial charge in [-0.25, -0.2) is 0 Å². The number of carbonyl (C=O) groups excluding carboxylic acids is 1. The monoisotopic (exact) mass is 323 g/mol. The van der Waals surface area contributed by atoms with Gasteiger partial charge in [-0.3, -0.25) is 4.79 Å². The highest BCUT2D eigenvalue weighted by molar-refractivity contribution is 6.30. The van der Waals surface area contributed by atoms with E-state index in [1.165, 1.54) is 32.1 Å². The minimum atomic E-state index is 0.0877. The summed E-state index contributed by atoms with van der Waals surface area (Å²) in [5, 5.41) is 3.84. The van der Waals surface area contributed by atoms with Crippen LogP contribution in [-0.4, -0.2) is 26.2 Å². The summed E-state index contributed by atoms with van der Waals surface area (Å²) in [6, 6.07) is 7.46. The van der Waals surface area contributed by atoms with Crippen LogP contribution < -0.4 is 5.32 Å². The molecule has 0 atom stereocenters. The summed E-state index contributed by atoms with van der Waals surface area (Å²) in [5.74, 6) is 0.0877. The second-order valence-corrected chi connectivity index (χ2v) is 6.82. The second kappa shape index (κ2) is 8.54. The van der Waals surface area contributed by atoms with Crippen LogP contribution in [0.3, 0.4) is 0 Å². The van der Waals surface area contributed by atoms with E-state index in [4.69, 9.17) is 16.3 Å². The molecule has 1 N–H and O–H groups in total. The van der Waals surface area contributed by atoms with Crippen molar-refractivity contribution in [3.8, 4) is 0 Å². The average Bonchev–Trinajstić information content (AvgIpc) is 2.54. The molecule has 4 heteroatoms. The van der Waals surface area contributed by atoms with E-state index in [0.29, 0.717) is 11.4 Å². The van der Waals surface area contributed by atoms with Gasteiger partial charge in [-0.1, -0.05) is 43.0 Å². The second-order valence-electron chi connectivity index (χ2n) is 6.38. The lowest BCUT2D eigenvalue weighted by Crippen LogP contribution is -2.40. The number of carbonyl (C=O) groups is 1. The Morgan fingerprint density at radius 3 is 2.55 bits per heavy atom. The summed E-state index contributed by atoms with van der Waals surface area (Å²) in [5.41, 5.74) is 1.22. The quantitative estimate of drug-likeness (QED) is 0.824. The van der Waals surface area contributed by atoms with Gasteiger partial charge in [-0.2, -0.15) is 0 Å². The standard InChI is InChI=1S/C18H26ClNO2/c1-22-12-11-18(9-3-2-4-10-18)14-20-17(21)13-15-5-7-16(19)8-6-15/h5-8H,2-4,9-14H2,1H3,(H,20,21). The summed E-state index contributed by atoms with van der Waals surface area (Å²) in [6.07, 6.45) is 7.67. The lowest BCUT2D eigenvalue weighted by Gasteiger charge is -2.37. The van der Waals surface area contributed by atoms with Crippen molar-refractivity contribution in [2.45, 2.75) is 44.9 Å². The predicted octanol–water partition coefficient (Wildman–Crippen LogP) is 3.99. The van der Waals surface area contributed by atoms with Crippen molar-refractivity contribution >= 4 is 17.5 Å². The average molecular weight is 324 g/mol. The highest BCUT2D eigenvalue weighted by Crippen LogP contribution is 2.38. The van der Waals surface area contributed by atoms with Crippen molar-refractivity contribution in [2.75, 3.05) is 20.3 Å². The molecular weight excluding hydrogens is 298 g/mol. The van der Waals surface area contributed by atoms with Crippen LogP contribution in [0.4, 0.5) is 0 Å². The van der Waals surface area contributed by atoms with Crippen molar-refractivity contribution in [1.29, 1.82) is 0 Å². The van der Waals surface area contributed by atoms with Crippen molar-refractivity contribution in [1.82, 2.24) is 5.32 Å². The Balaban J connectivity index is 1.85.